The molecule has 0 saturated heterocycles. The van der Waals surface area contributed by atoms with E-state index in [1.807, 2.05) is 30.3 Å². The summed E-state index contributed by atoms with van der Waals surface area (Å²) in [6, 6.07) is 9.36. The van der Waals surface area contributed by atoms with Crippen LogP contribution < -0.4 is 9.47 Å². The molecule has 0 aliphatic carbocycles. The molecule has 1 aromatic heterocycles. The standard InChI is InChI=1S/C15H13NO2/c1-4-11-5-6-15(16-10-11)12-7-13(17-2)9-14(8-12)18-3/h1,5-10H,2-3H3. The molecule has 18 heavy (non-hydrogen) atoms. The Morgan fingerprint density at radius 2 is 1.72 bits per heavy atom. The number of hydrogen-bond donors (Lipinski definition) is 0. The molecule has 0 N–H and O–H groups in total. The van der Waals surface area contributed by atoms with Crippen molar-refractivity contribution in [2.75, 3.05) is 14.2 Å². The van der Waals surface area contributed by atoms with Gasteiger partial charge in [0.25, 0.3) is 0 Å². The normalized spacial score (nSPS) is 9.61. The van der Waals surface area contributed by atoms with E-state index in [9.17, 15) is 0 Å². The second kappa shape index (κ2) is 5.24. The van der Waals surface area contributed by atoms with Crippen molar-refractivity contribution in [2.45, 2.75) is 0 Å². The van der Waals surface area contributed by atoms with Crippen LogP contribution in [-0.2, 0) is 0 Å². The summed E-state index contributed by atoms with van der Waals surface area (Å²) in [5, 5.41) is 0. The summed E-state index contributed by atoms with van der Waals surface area (Å²) >= 11 is 0. The predicted octanol–water partition coefficient (Wildman–Crippen LogP) is 2.75. The number of ether oxygens (including phenoxy) is 2. The van der Waals surface area contributed by atoms with E-state index >= 15 is 0 Å². The topological polar surface area (TPSA) is 31.4 Å². The second-order valence-corrected chi connectivity index (χ2v) is 3.68. The molecule has 2 rings (SSSR count). The minimum absolute atomic E-state index is 0.729. The van der Waals surface area contributed by atoms with Gasteiger partial charge in [0.2, 0.25) is 0 Å². The van der Waals surface area contributed by atoms with Gasteiger partial charge in [-0.05, 0) is 24.3 Å². The summed E-state index contributed by atoms with van der Waals surface area (Å²) in [6.45, 7) is 0. The van der Waals surface area contributed by atoms with E-state index < -0.39 is 0 Å². The number of hydrogen-bond acceptors (Lipinski definition) is 3. The molecule has 0 unspecified atom stereocenters. The Labute approximate surface area is 106 Å². The fraction of sp³-hybridized carbons (Fsp3) is 0.133. The Kier molecular flexibility index (Phi) is 3.49. The summed E-state index contributed by atoms with van der Waals surface area (Å²) in [7, 11) is 3.24. The smallest absolute Gasteiger partial charge is 0.123 e. The van der Waals surface area contributed by atoms with Gasteiger partial charge in [-0.1, -0.05) is 5.92 Å². The van der Waals surface area contributed by atoms with E-state index in [0.717, 1.165) is 28.3 Å². The molecule has 0 amide bonds. The zero-order chi connectivity index (χ0) is 13.0. The largest absolute Gasteiger partial charge is 0.497 e. The van der Waals surface area contributed by atoms with Crippen LogP contribution in [0.25, 0.3) is 11.3 Å². The molecule has 0 atom stereocenters. The summed E-state index contributed by atoms with van der Waals surface area (Å²) in [4.78, 5) is 4.32. The van der Waals surface area contributed by atoms with E-state index in [1.54, 1.807) is 20.4 Å². The van der Waals surface area contributed by atoms with Crippen molar-refractivity contribution in [1.29, 1.82) is 0 Å². The molecule has 0 aliphatic heterocycles. The maximum absolute atomic E-state index is 5.30. The molecule has 0 radical (unpaired) electrons. The molecular weight excluding hydrogens is 226 g/mol. The van der Waals surface area contributed by atoms with Crippen LogP contribution >= 0.6 is 0 Å². The van der Waals surface area contributed by atoms with Crippen molar-refractivity contribution in [3.8, 4) is 35.1 Å². The first kappa shape index (κ1) is 12.0. The highest BCUT2D eigenvalue weighted by Gasteiger charge is 2.05. The van der Waals surface area contributed by atoms with Gasteiger partial charge in [0, 0.05) is 23.4 Å². The van der Waals surface area contributed by atoms with E-state index in [4.69, 9.17) is 15.9 Å². The quantitative estimate of drug-likeness (QED) is 0.772. The minimum atomic E-state index is 0.729. The van der Waals surface area contributed by atoms with Crippen LogP contribution in [0.2, 0.25) is 0 Å². The molecule has 0 saturated carbocycles. The van der Waals surface area contributed by atoms with Crippen LogP contribution in [0.15, 0.2) is 36.5 Å². The highest BCUT2D eigenvalue weighted by molar-refractivity contribution is 5.64. The van der Waals surface area contributed by atoms with Crippen molar-refractivity contribution in [1.82, 2.24) is 4.98 Å². The number of nitrogens with zero attached hydrogens (tertiary/aromatic N) is 1. The molecule has 0 spiro atoms. The third-order valence-electron chi connectivity index (χ3n) is 2.58. The van der Waals surface area contributed by atoms with Crippen molar-refractivity contribution < 1.29 is 9.47 Å². The first-order valence-corrected chi connectivity index (χ1v) is 5.43. The van der Waals surface area contributed by atoms with Crippen LogP contribution in [-0.4, -0.2) is 19.2 Å². The second-order valence-electron chi connectivity index (χ2n) is 3.68. The Balaban J connectivity index is 2.45. The first-order chi connectivity index (χ1) is 8.76. The number of terminal acetylenes is 1. The van der Waals surface area contributed by atoms with Gasteiger partial charge in [0.15, 0.2) is 0 Å². The summed E-state index contributed by atoms with van der Waals surface area (Å²) in [6.07, 6.45) is 6.97. The monoisotopic (exact) mass is 239 g/mol. The van der Waals surface area contributed by atoms with E-state index in [2.05, 4.69) is 10.9 Å². The summed E-state index contributed by atoms with van der Waals surface area (Å²) < 4.78 is 10.4. The highest BCUT2D eigenvalue weighted by Crippen LogP contribution is 2.28. The van der Waals surface area contributed by atoms with Gasteiger partial charge in [-0.15, -0.1) is 6.42 Å². The van der Waals surface area contributed by atoms with Crippen molar-refractivity contribution in [3.63, 3.8) is 0 Å². The molecule has 3 nitrogen and oxygen atoms in total. The predicted molar refractivity (Wildman–Crippen MR) is 70.7 cm³/mol. The summed E-state index contributed by atoms with van der Waals surface area (Å²) in [5.74, 6) is 4.00. The van der Waals surface area contributed by atoms with Gasteiger partial charge >= 0.3 is 0 Å². The van der Waals surface area contributed by atoms with Crippen LogP contribution in [0.1, 0.15) is 5.56 Å². The van der Waals surface area contributed by atoms with Gasteiger partial charge in [-0.2, -0.15) is 0 Å². The van der Waals surface area contributed by atoms with Gasteiger partial charge in [0.1, 0.15) is 11.5 Å². The number of benzene rings is 1. The lowest BCUT2D eigenvalue weighted by atomic mass is 10.1. The Morgan fingerprint density at radius 3 is 2.17 bits per heavy atom. The fourth-order valence-corrected chi connectivity index (χ4v) is 1.61. The number of pyridine rings is 1. The highest BCUT2D eigenvalue weighted by atomic mass is 16.5. The number of rotatable bonds is 3. The van der Waals surface area contributed by atoms with Crippen LogP contribution in [0, 0.1) is 12.3 Å². The molecule has 0 bridgehead atoms. The van der Waals surface area contributed by atoms with Gasteiger partial charge < -0.3 is 9.47 Å². The lowest BCUT2D eigenvalue weighted by Crippen LogP contribution is -1.90. The summed E-state index contributed by atoms with van der Waals surface area (Å²) in [5.41, 5.74) is 2.51. The van der Waals surface area contributed by atoms with E-state index in [0.29, 0.717) is 0 Å². The number of methoxy groups -OCH3 is 2. The molecule has 2 aromatic rings. The Morgan fingerprint density at radius 1 is 1.06 bits per heavy atom. The van der Waals surface area contributed by atoms with Crippen LogP contribution in [0.4, 0.5) is 0 Å². The third-order valence-corrected chi connectivity index (χ3v) is 2.58. The molecular formula is C15H13NO2. The maximum Gasteiger partial charge on any atom is 0.123 e. The zero-order valence-electron chi connectivity index (χ0n) is 10.3. The average molecular weight is 239 g/mol. The Hall–Kier alpha value is -2.47. The minimum Gasteiger partial charge on any atom is -0.497 e. The van der Waals surface area contributed by atoms with Gasteiger partial charge in [0.05, 0.1) is 19.9 Å². The maximum atomic E-state index is 5.30. The van der Waals surface area contributed by atoms with E-state index in [1.165, 1.54) is 0 Å². The van der Waals surface area contributed by atoms with Crippen molar-refractivity contribution in [3.05, 3.63) is 42.1 Å². The molecule has 1 aromatic carbocycles. The number of aromatic nitrogens is 1. The Bertz CT molecular complexity index is 560. The SMILES string of the molecule is C#Cc1ccc(-c2cc(OC)cc(OC)c2)nc1. The molecule has 0 aliphatic rings. The van der Waals surface area contributed by atoms with E-state index in [-0.39, 0.29) is 0 Å². The fourth-order valence-electron chi connectivity index (χ4n) is 1.61. The first-order valence-electron chi connectivity index (χ1n) is 5.43. The van der Waals surface area contributed by atoms with Gasteiger partial charge in [-0.3, -0.25) is 4.98 Å². The molecule has 90 valence electrons. The zero-order valence-corrected chi connectivity index (χ0v) is 10.3. The molecule has 3 heteroatoms. The third kappa shape index (κ3) is 2.44. The van der Waals surface area contributed by atoms with Crippen molar-refractivity contribution in [2.24, 2.45) is 0 Å². The lowest BCUT2D eigenvalue weighted by molar-refractivity contribution is 0.394. The van der Waals surface area contributed by atoms with Gasteiger partial charge in [-0.25, -0.2) is 0 Å². The lowest BCUT2D eigenvalue weighted by Gasteiger charge is -2.08. The average Bonchev–Trinajstić information content (AvgIpc) is 2.46. The molecule has 0 fully saturated rings. The molecule has 1 heterocycles. The van der Waals surface area contributed by atoms with Crippen molar-refractivity contribution >= 4 is 0 Å². The van der Waals surface area contributed by atoms with Crippen LogP contribution in [0.5, 0.6) is 11.5 Å². The van der Waals surface area contributed by atoms with Crippen LogP contribution in [0.3, 0.4) is 0 Å².